The van der Waals surface area contributed by atoms with Crippen LogP contribution in [-0.4, -0.2) is 36.5 Å². The van der Waals surface area contributed by atoms with Crippen molar-refractivity contribution in [2.45, 2.75) is 32.2 Å². The van der Waals surface area contributed by atoms with Crippen LogP contribution >= 0.6 is 0 Å². The summed E-state index contributed by atoms with van der Waals surface area (Å²) >= 11 is 0. The van der Waals surface area contributed by atoms with Gasteiger partial charge in [-0.25, -0.2) is 0 Å². The average Bonchev–Trinajstić information content (AvgIpc) is 3.00. The Morgan fingerprint density at radius 2 is 2.35 bits per heavy atom. The lowest BCUT2D eigenvalue weighted by Crippen LogP contribution is -2.34. The molecule has 0 spiro atoms. The zero-order chi connectivity index (χ0) is 14.1. The van der Waals surface area contributed by atoms with Crippen molar-refractivity contribution in [3.05, 3.63) is 17.7 Å². The largest absolute Gasteiger partial charge is 0.397 e. The van der Waals surface area contributed by atoms with Crippen molar-refractivity contribution in [3.63, 3.8) is 0 Å². The molecule has 0 aromatic heterocycles. The molecule has 2 heterocycles. The summed E-state index contributed by atoms with van der Waals surface area (Å²) in [7, 11) is 0. The van der Waals surface area contributed by atoms with Crippen molar-refractivity contribution < 1.29 is 4.79 Å². The third-order valence-corrected chi connectivity index (χ3v) is 4.33. The summed E-state index contributed by atoms with van der Waals surface area (Å²) in [6.07, 6.45) is 2.95. The summed E-state index contributed by atoms with van der Waals surface area (Å²) in [6, 6.07) is 4.45. The Balaban J connectivity index is 1.69. The summed E-state index contributed by atoms with van der Waals surface area (Å²) in [5.74, 6) is 0.0458. The number of carbonyl (C=O) groups excluding carboxylic acids is 1. The van der Waals surface area contributed by atoms with E-state index in [9.17, 15) is 4.79 Å². The Morgan fingerprint density at radius 3 is 3.15 bits per heavy atom. The van der Waals surface area contributed by atoms with Gasteiger partial charge < -0.3 is 16.4 Å². The molecule has 0 radical (unpaired) electrons. The molecule has 5 nitrogen and oxygen atoms in total. The molecule has 2 aliphatic rings. The molecular formula is C15H22N4O. The fraction of sp³-hybridized carbons (Fsp3) is 0.533. The second-order valence-corrected chi connectivity index (χ2v) is 5.63. The Morgan fingerprint density at radius 1 is 1.50 bits per heavy atom. The zero-order valence-corrected chi connectivity index (χ0v) is 11.9. The van der Waals surface area contributed by atoms with Crippen molar-refractivity contribution in [2.75, 3.05) is 36.0 Å². The molecule has 1 fully saturated rings. The van der Waals surface area contributed by atoms with Crippen molar-refractivity contribution in [3.8, 4) is 0 Å². The van der Waals surface area contributed by atoms with Gasteiger partial charge in [-0.3, -0.25) is 9.69 Å². The number of nitrogen functional groups attached to an aromatic ring is 1. The number of benzene rings is 1. The normalized spacial score (nSPS) is 21.9. The fourth-order valence-corrected chi connectivity index (χ4v) is 3.22. The molecule has 0 bridgehead atoms. The van der Waals surface area contributed by atoms with Gasteiger partial charge >= 0.3 is 0 Å². The van der Waals surface area contributed by atoms with Crippen molar-refractivity contribution in [1.82, 2.24) is 4.90 Å². The van der Waals surface area contributed by atoms with E-state index in [1.54, 1.807) is 0 Å². The molecule has 0 aliphatic carbocycles. The van der Waals surface area contributed by atoms with Crippen LogP contribution in [0.5, 0.6) is 0 Å². The van der Waals surface area contributed by atoms with Gasteiger partial charge in [0.25, 0.3) is 0 Å². The first-order valence-electron chi connectivity index (χ1n) is 7.37. The molecule has 2 aliphatic heterocycles. The maximum atomic E-state index is 11.4. The summed E-state index contributed by atoms with van der Waals surface area (Å²) in [5, 5.41) is 6.31. The number of nitrogens with two attached hydrogens (primary N) is 1. The van der Waals surface area contributed by atoms with Crippen LogP contribution in [0.25, 0.3) is 0 Å². The number of hydrogen-bond donors (Lipinski definition) is 3. The van der Waals surface area contributed by atoms with E-state index in [1.165, 1.54) is 19.4 Å². The number of likely N-dealkylation sites (N-methyl/N-ethyl adjacent to an activating group) is 1. The van der Waals surface area contributed by atoms with Crippen LogP contribution in [0, 0.1) is 0 Å². The Kier molecular flexibility index (Phi) is 3.53. The highest BCUT2D eigenvalue weighted by Crippen LogP contribution is 2.31. The molecule has 1 aromatic rings. The van der Waals surface area contributed by atoms with E-state index < -0.39 is 0 Å². The molecule has 3 rings (SSSR count). The highest BCUT2D eigenvalue weighted by Gasteiger charge is 2.23. The third-order valence-electron chi connectivity index (χ3n) is 4.33. The maximum Gasteiger partial charge on any atom is 0.228 e. The van der Waals surface area contributed by atoms with Gasteiger partial charge in [0.15, 0.2) is 0 Å². The quantitative estimate of drug-likeness (QED) is 0.730. The molecular weight excluding hydrogens is 252 g/mol. The predicted octanol–water partition coefficient (Wildman–Crippen LogP) is 1.66. The Hall–Kier alpha value is -1.75. The molecule has 1 saturated heterocycles. The molecule has 1 aromatic carbocycles. The monoisotopic (exact) mass is 274 g/mol. The highest BCUT2D eigenvalue weighted by molar-refractivity contribution is 6.00. The number of nitrogens with zero attached hydrogens (tertiary/aromatic N) is 1. The van der Waals surface area contributed by atoms with Crippen LogP contribution in [0.3, 0.4) is 0 Å². The first kappa shape index (κ1) is 13.2. The van der Waals surface area contributed by atoms with E-state index in [0.717, 1.165) is 35.7 Å². The summed E-state index contributed by atoms with van der Waals surface area (Å²) in [5.41, 5.74) is 9.61. The minimum Gasteiger partial charge on any atom is -0.397 e. The summed E-state index contributed by atoms with van der Waals surface area (Å²) in [6.45, 7) is 5.41. The van der Waals surface area contributed by atoms with Crippen molar-refractivity contribution >= 4 is 23.0 Å². The number of carbonyl (C=O) groups is 1. The van der Waals surface area contributed by atoms with Gasteiger partial charge in [-0.15, -0.1) is 0 Å². The van der Waals surface area contributed by atoms with Gasteiger partial charge in [0.05, 0.1) is 17.8 Å². The summed E-state index contributed by atoms with van der Waals surface area (Å²) in [4.78, 5) is 13.9. The van der Waals surface area contributed by atoms with Gasteiger partial charge in [-0.05, 0) is 43.6 Å². The predicted molar refractivity (Wildman–Crippen MR) is 81.9 cm³/mol. The molecule has 20 heavy (non-hydrogen) atoms. The van der Waals surface area contributed by atoms with Gasteiger partial charge in [-0.2, -0.15) is 0 Å². The number of fused-ring (bicyclic) bond motifs is 1. The number of likely N-dealkylation sites (tertiary alicyclic amines) is 1. The molecule has 1 amide bonds. The smallest absolute Gasteiger partial charge is 0.228 e. The fourth-order valence-electron chi connectivity index (χ4n) is 3.22. The second kappa shape index (κ2) is 5.32. The number of hydrogen-bond acceptors (Lipinski definition) is 4. The van der Waals surface area contributed by atoms with Crippen LogP contribution in [-0.2, 0) is 11.2 Å². The van der Waals surface area contributed by atoms with E-state index in [0.29, 0.717) is 12.5 Å². The number of rotatable bonds is 4. The van der Waals surface area contributed by atoms with E-state index in [2.05, 4.69) is 22.5 Å². The van der Waals surface area contributed by atoms with Gasteiger partial charge in [0.2, 0.25) is 5.91 Å². The number of nitrogens with one attached hydrogen (secondary N) is 2. The van der Waals surface area contributed by atoms with Crippen LogP contribution in [0.1, 0.15) is 25.3 Å². The van der Waals surface area contributed by atoms with Crippen molar-refractivity contribution in [2.24, 2.45) is 0 Å². The summed E-state index contributed by atoms with van der Waals surface area (Å²) < 4.78 is 0. The molecule has 108 valence electrons. The van der Waals surface area contributed by atoms with E-state index >= 15 is 0 Å². The molecule has 1 unspecified atom stereocenters. The maximum absolute atomic E-state index is 11.4. The van der Waals surface area contributed by atoms with E-state index in [-0.39, 0.29) is 5.91 Å². The first-order chi connectivity index (χ1) is 9.67. The van der Waals surface area contributed by atoms with Crippen LogP contribution in [0.2, 0.25) is 0 Å². The van der Waals surface area contributed by atoms with E-state index in [1.807, 2.05) is 12.1 Å². The third kappa shape index (κ3) is 2.45. The zero-order valence-electron chi connectivity index (χ0n) is 11.9. The molecule has 1 atom stereocenters. The average molecular weight is 274 g/mol. The molecule has 4 N–H and O–H groups in total. The van der Waals surface area contributed by atoms with Crippen LogP contribution in [0.4, 0.5) is 17.1 Å². The number of amides is 1. The lowest BCUT2D eigenvalue weighted by atomic mass is 10.1. The minimum atomic E-state index is 0.0458. The van der Waals surface area contributed by atoms with Crippen molar-refractivity contribution in [1.29, 1.82) is 0 Å². The van der Waals surface area contributed by atoms with Gasteiger partial charge in [-0.1, -0.05) is 6.92 Å². The number of anilines is 3. The lowest BCUT2D eigenvalue weighted by molar-refractivity contribution is -0.115. The lowest BCUT2D eigenvalue weighted by Gasteiger charge is -2.24. The van der Waals surface area contributed by atoms with Crippen LogP contribution in [0.15, 0.2) is 12.1 Å². The highest BCUT2D eigenvalue weighted by atomic mass is 16.1. The van der Waals surface area contributed by atoms with Crippen LogP contribution < -0.4 is 16.4 Å². The second-order valence-electron chi connectivity index (χ2n) is 5.63. The molecule has 5 heteroatoms. The SMILES string of the molecule is CCN1CCCC1CNc1cc2c(cc1N)CC(=O)N2. The topological polar surface area (TPSA) is 70.4 Å². The van der Waals surface area contributed by atoms with E-state index in [4.69, 9.17) is 5.73 Å². The van der Waals surface area contributed by atoms with Gasteiger partial charge in [0.1, 0.15) is 0 Å². The Bertz CT molecular complexity index is 529. The van der Waals surface area contributed by atoms with Gasteiger partial charge in [0, 0.05) is 18.3 Å². The molecule has 0 saturated carbocycles. The first-order valence-corrected chi connectivity index (χ1v) is 7.37. The minimum absolute atomic E-state index is 0.0458. The Labute approximate surface area is 119 Å². The standard InChI is InChI=1S/C15H22N4O/c1-2-19-5-3-4-11(19)9-17-14-8-13-10(6-12(14)16)7-15(20)18-13/h6,8,11,17H,2-5,7,9,16H2,1H3,(H,18,20).